The number of aromatic hydroxyl groups is 2. The van der Waals surface area contributed by atoms with Crippen molar-refractivity contribution < 1.29 is 28.2 Å². The first-order valence-electron chi connectivity index (χ1n) is 3.57. The zero-order valence-corrected chi connectivity index (χ0v) is 7.73. The van der Waals surface area contributed by atoms with Crippen LogP contribution in [0.25, 0.3) is 0 Å². The average Bonchev–Trinajstić information content (AvgIpc) is 2.12. The van der Waals surface area contributed by atoms with Crippen LogP contribution in [0.4, 0.5) is 13.2 Å². The zero-order valence-electron chi connectivity index (χ0n) is 6.97. The van der Waals surface area contributed by atoms with E-state index in [1.807, 2.05) is 0 Å². The summed E-state index contributed by atoms with van der Waals surface area (Å²) in [7, 11) is 0. The molecule has 0 heterocycles. The minimum Gasteiger partial charge on any atom is -0.506 e. The maximum Gasteiger partial charge on any atom is 0.455 e. The highest BCUT2D eigenvalue weighted by atomic mass is 35.5. The van der Waals surface area contributed by atoms with Crippen molar-refractivity contribution in [2.24, 2.45) is 0 Å². The van der Waals surface area contributed by atoms with Gasteiger partial charge in [0, 0.05) is 0 Å². The number of Topliss-reactive ketones (excluding diaryl/α,β-unsaturated/α-hetero) is 1. The van der Waals surface area contributed by atoms with Crippen molar-refractivity contribution >= 4 is 17.4 Å². The monoisotopic (exact) mass is 240 g/mol. The van der Waals surface area contributed by atoms with Gasteiger partial charge >= 0.3 is 6.18 Å². The molecule has 0 radical (unpaired) electrons. The first kappa shape index (κ1) is 11.6. The van der Waals surface area contributed by atoms with Gasteiger partial charge in [0.05, 0.1) is 5.56 Å². The lowest BCUT2D eigenvalue weighted by Gasteiger charge is -2.08. The van der Waals surface area contributed by atoms with Crippen molar-refractivity contribution in [2.75, 3.05) is 0 Å². The third-order valence-electron chi connectivity index (χ3n) is 1.60. The fourth-order valence-corrected chi connectivity index (χ4v) is 1.05. The summed E-state index contributed by atoms with van der Waals surface area (Å²) in [4.78, 5) is 10.7. The molecule has 0 atom stereocenters. The second-order valence-electron chi connectivity index (χ2n) is 2.62. The second-order valence-corrected chi connectivity index (χ2v) is 3.00. The third kappa shape index (κ3) is 2.15. The molecule has 0 aliphatic carbocycles. The number of ketones is 1. The first-order valence-corrected chi connectivity index (χ1v) is 3.95. The molecule has 1 aromatic carbocycles. The number of phenols is 2. The van der Waals surface area contributed by atoms with E-state index in [0.29, 0.717) is 6.07 Å². The Balaban J connectivity index is 3.29. The molecule has 0 aliphatic heterocycles. The number of benzene rings is 1. The number of alkyl halides is 3. The summed E-state index contributed by atoms with van der Waals surface area (Å²) < 4.78 is 35.9. The van der Waals surface area contributed by atoms with Gasteiger partial charge in [-0.3, -0.25) is 4.79 Å². The number of carbonyl (C=O) groups excluding carboxylic acids is 1. The summed E-state index contributed by atoms with van der Waals surface area (Å²) in [5, 5.41) is 17.3. The molecule has 3 nitrogen and oxygen atoms in total. The molecule has 0 bridgehead atoms. The van der Waals surface area contributed by atoms with Gasteiger partial charge in [0.2, 0.25) is 0 Å². The van der Waals surface area contributed by atoms with E-state index < -0.39 is 34.0 Å². The van der Waals surface area contributed by atoms with Crippen LogP contribution in [0.15, 0.2) is 12.1 Å². The van der Waals surface area contributed by atoms with Crippen LogP contribution >= 0.6 is 11.6 Å². The highest BCUT2D eigenvalue weighted by Gasteiger charge is 2.41. The molecule has 0 unspecified atom stereocenters. The lowest BCUT2D eigenvalue weighted by Crippen LogP contribution is -2.22. The zero-order chi connectivity index (χ0) is 11.8. The van der Waals surface area contributed by atoms with E-state index in [4.69, 9.17) is 21.8 Å². The van der Waals surface area contributed by atoms with Crippen LogP contribution in [-0.4, -0.2) is 22.2 Å². The summed E-state index contributed by atoms with van der Waals surface area (Å²) in [5.74, 6) is -3.91. The Hall–Kier alpha value is -1.43. The highest BCUT2D eigenvalue weighted by molar-refractivity contribution is 6.34. The number of phenolic OH excluding ortho intramolecular Hbond substituents is 2. The molecule has 0 aliphatic rings. The molecule has 0 spiro atoms. The van der Waals surface area contributed by atoms with Crippen molar-refractivity contribution in [1.29, 1.82) is 0 Å². The van der Waals surface area contributed by atoms with Crippen molar-refractivity contribution in [1.82, 2.24) is 0 Å². The molecule has 1 aromatic rings. The van der Waals surface area contributed by atoms with Gasteiger partial charge in [-0.05, 0) is 12.1 Å². The normalized spacial score (nSPS) is 11.5. The summed E-state index contributed by atoms with van der Waals surface area (Å²) in [5.41, 5.74) is -0.995. The van der Waals surface area contributed by atoms with E-state index >= 15 is 0 Å². The Kier molecular flexibility index (Phi) is 2.81. The Morgan fingerprint density at radius 1 is 1.27 bits per heavy atom. The number of carbonyl (C=O) groups is 1. The molecule has 0 aromatic heterocycles. The largest absolute Gasteiger partial charge is 0.506 e. The molecule has 15 heavy (non-hydrogen) atoms. The van der Waals surface area contributed by atoms with Gasteiger partial charge in [-0.25, -0.2) is 0 Å². The van der Waals surface area contributed by atoms with Gasteiger partial charge in [0.1, 0.15) is 16.5 Å². The Bertz CT molecular complexity index is 414. The van der Waals surface area contributed by atoms with Crippen LogP contribution in [0.3, 0.4) is 0 Å². The first-order chi connectivity index (χ1) is 6.75. The maximum atomic E-state index is 12.0. The number of hydrogen-bond acceptors (Lipinski definition) is 3. The molecule has 1 rings (SSSR count). The van der Waals surface area contributed by atoms with Gasteiger partial charge in [-0.2, -0.15) is 13.2 Å². The van der Waals surface area contributed by atoms with Crippen molar-refractivity contribution in [3.05, 3.63) is 22.7 Å². The minimum absolute atomic E-state index is 0.604. The Labute approximate surface area is 86.7 Å². The highest BCUT2D eigenvalue weighted by Crippen LogP contribution is 2.37. The Morgan fingerprint density at radius 2 is 1.80 bits per heavy atom. The number of rotatable bonds is 1. The molecule has 0 fully saturated rings. The van der Waals surface area contributed by atoms with Gasteiger partial charge in [-0.1, -0.05) is 11.6 Å². The summed E-state index contributed by atoms with van der Waals surface area (Å²) >= 11 is 5.26. The molecule has 7 heteroatoms. The van der Waals surface area contributed by atoms with Crippen molar-refractivity contribution in [3.8, 4) is 11.5 Å². The van der Waals surface area contributed by atoms with E-state index in [0.717, 1.165) is 6.07 Å². The van der Waals surface area contributed by atoms with E-state index in [-0.39, 0.29) is 0 Å². The SMILES string of the molecule is O=C(c1ccc(O)c(Cl)c1O)C(F)(F)F. The van der Waals surface area contributed by atoms with Gasteiger partial charge in [0.15, 0.2) is 0 Å². The number of halogens is 4. The van der Waals surface area contributed by atoms with Crippen LogP contribution in [0.2, 0.25) is 5.02 Å². The predicted octanol–water partition coefficient (Wildman–Crippen LogP) is 2.50. The quantitative estimate of drug-likeness (QED) is 0.742. The molecule has 82 valence electrons. The molecular formula is C8H4ClF3O3. The maximum absolute atomic E-state index is 12.0. The molecule has 0 saturated carbocycles. The van der Waals surface area contributed by atoms with Gasteiger partial charge in [0.25, 0.3) is 5.78 Å². The fraction of sp³-hybridized carbons (Fsp3) is 0.125. The van der Waals surface area contributed by atoms with E-state index in [1.54, 1.807) is 0 Å². The van der Waals surface area contributed by atoms with Crippen molar-refractivity contribution in [3.63, 3.8) is 0 Å². The molecular weight excluding hydrogens is 237 g/mol. The minimum atomic E-state index is -5.10. The van der Waals surface area contributed by atoms with E-state index in [1.165, 1.54) is 0 Å². The lowest BCUT2D eigenvalue weighted by molar-refractivity contribution is -0.0886. The predicted molar refractivity (Wildman–Crippen MR) is 45.2 cm³/mol. The van der Waals surface area contributed by atoms with Crippen LogP contribution in [-0.2, 0) is 0 Å². The van der Waals surface area contributed by atoms with Gasteiger partial charge in [-0.15, -0.1) is 0 Å². The molecule has 0 saturated heterocycles. The summed E-state index contributed by atoms with van der Waals surface area (Å²) in [6.07, 6.45) is -5.10. The van der Waals surface area contributed by atoms with Crippen LogP contribution in [0, 0.1) is 0 Å². The standard InChI is InChI=1S/C8H4ClF3O3/c9-5-4(13)2-1-3(6(5)14)7(15)8(10,11)12/h1-2,13-14H. The second kappa shape index (κ2) is 3.62. The third-order valence-corrected chi connectivity index (χ3v) is 1.97. The fourth-order valence-electron chi connectivity index (χ4n) is 0.890. The molecule has 2 N–H and O–H groups in total. The topological polar surface area (TPSA) is 57.5 Å². The average molecular weight is 241 g/mol. The van der Waals surface area contributed by atoms with Crippen LogP contribution in [0.5, 0.6) is 11.5 Å². The lowest BCUT2D eigenvalue weighted by atomic mass is 10.1. The van der Waals surface area contributed by atoms with E-state index in [2.05, 4.69) is 0 Å². The van der Waals surface area contributed by atoms with E-state index in [9.17, 15) is 18.0 Å². The summed E-state index contributed by atoms with van der Waals surface area (Å²) in [6.45, 7) is 0. The smallest absolute Gasteiger partial charge is 0.455 e. The van der Waals surface area contributed by atoms with Crippen molar-refractivity contribution in [2.45, 2.75) is 6.18 Å². The summed E-state index contributed by atoms with van der Waals surface area (Å²) in [6, 6.07) is 1.44. The number of hydrogen-bond donors (Lipinski definition) is 2. The van der Waals surface area contributed by atoms with Crippen LogP contribution < -0.4 is 0 Å². The Morgan fingerprint density at radius 3 is 2.27 bits per heavy atom. The van der Waals surface area contributed by atoms with Crippen LogP contribution in [0.1, 0.15) is 10.4 Å². The van der Waals surface area contributed by atoms with Gasteiger partial charge < -0.3 is 10.2 Å². The molecule has 0 amide bonds.